The van der Waals surface area contributed by atoms with E-state index in [0.717, 1.165) is 30.9 Å². The van der Waals surface area contributed by atoms with Gasteiger partial charge < -0.3 is 14.8 Å². The molecule has 3 heteroatoms. The highest BCUT2D eigenvalue weighted by molar-refractivity contribution is 5.35. The van der Waals surface area contributed by atoms with Gasteiger partial charge in [-0.1, -0.05) is 39.0 Å². The van der Waals surface area contributed by atoms with Crippen molar-refractivity contribution >= 4 is 0 Å². The van der Waals surface area contributed by atoms with Crippen LogP contribution in [0.15, 0.2) is 24.3 Å². The summed E-state index contributed by atoms with van der Waals surface area (Å²) in [5, 5.41) is 3.64. The Balaban J connectivity index is 2.11. The fourth-order valence-corrected chi connectivity index (χ4v) is 2.61. The molecule has 1 aliphatic heterocycles. The first-order valence-electron chi connectivity index (χ1n) is 7.00. The molecule has 1 saturated heterocycles. The summed E-state index contributed by atoms with van der Waals surface area (Å²) >= 11 is 0. The Hall–Kier alpha value is -1.06. The molecule has 2 rings (SSSR count). The van der Waals surface area contributed by atoms with Gasteiger partial charge in [-0.15, -0.1) is 0 Å². The number of ether oxygens (including phenoxy) is 2. The third-order valence-corrected chi connectivity index (χ3v) is 3.81. The number of nitrogens with one attached hydrogen (secondary N) is 1. The van der Waals surface area contributed by atoms with Crippen LogP contribution in [0.3, 0.4) is 0 Å². The predicted molar refractivity (Wildman–Crippen MR) is 77.5 cm³/mol. The molecule has 1 aromatic carbocycles. The minimum atomic E-state index is 0.0727. The summed E-state index contributed by atoms with van der Waals surface area (Å²) < 4.78 is 11.4. The van der Waals surface area contributed by atoms with E-state index in [0.29, 0.717) is 6.04 Å². The largest absolute Gasteiger partial charge is 0.496 e. The van der Waals surface area contributed by atoms with Gasteiger partial charge in [0.15, 0.2) is 0 Å². The van der Waals surface area contributed by atoms with E-state index in [9.17, 15) is 0 Å². The lowest BCUT2D eigenvalue weighted by Crippen LogP contribution is -2.40. The number of methoxy groups -OCH3 is 1. The first-order chi connectivity index (χ1) is 9.02. The monoisotopic (exact) mass is 263 g/mol. The summed E-state index contributed by atoms with van der Waals surface area (Å²) in [5.74, 6) is 0.906. The second kappa shape index (κ2) is 5.93. The van der Waals surface area contributed by atoms with Gasteiger partial charge in [0, 0.05) is 24.8 Å². The molecule has 1 aromatic rings. The van der Waals surface area contributed by atoms with Crippen molar-refractivity contribution in [2.75, 3.05) is 20.3 Å². The topological polar surface area (TPSA) is 30.5 Å². The molecule has 19 heavy (non-hydrogen) atoms. The van der Waals surface area contributed by atoms with E-state index in [1.165, 1.54) is 0 Å². The molecular formula is C16H25NO2. The minimum absolute atomic E-state index is 0.0727. The van der Waals surface area contributed by atoms with Gasteiger partial charge in [0.25, 0.3) is 0 Å². The molecule has 0 amide bonds. The molecule has 2 unspecified atom stereocenters. The van der Waals surface area contributed by atoms with Gasteiger partial charge in [-0.05, 0) is 17.9 Å². The summed E-state index contributed by atoms with van der Waals surface area (Å²) in [6, 6.07) is 8.60. The Morgan fingerprint density at radius 1 is 1.26 bits per heavy atom. The van der Waals surface area contributed by atoms with Crippen molar-refractivity contribution in [2.45, 2.75) is 39.3 Å². The molecule has 1 fully saturated rings. The quantitative estimate of drug-likeness (QED) is 0.889. The Labute approximate surface area is 116 Å². The maximum absolute atomic E-state index is 6.01. The van der Waals surface area contributed by atoms with E-state index >= 15 is 0 Å². The highest BCUT2D eigenvalue weighted by atomic mass is 16.5. The Morgan fingerprint density at radius 3 is 2.68 bits per heavy atom. The molecule has 0 aliphatic carbocycles. The van der Waals surface area contributed by atoms with E-state index in [1.807, 2.05) is 18.2 Å². The van der Waals surface area contributed by atoms with Crippen molar-refractivity contribution in [3.63, 3.8) is 0 Å². The molecule has 1 heterocycles. The van der Waals surface area contributed by atoms with Crippen molar-refractivity contribution in [1.82, 2.24) is 5.32 Å². The zero-order valence-corrected chi connectivity index (χ0v) is 12.4. The average molecular weight is 263 g/mol. The van der Waals surface area contributed by atoms with E-state index in [-0.39, 0.29) is 11.5 Å². The third kappa shape index (κ3) is 3.48. The van der Waals surface area contributed by atoms with Crippen molar-refractivity contribution in [2.24, 2.45) is 5.41 Å². The van der Waals surface area contributed by atoms with Gasteiger partial charge in [-0.25, -0.2) is 0 Å². The van der Waals surface area contributed by atoms with Crippen LogP contribution in [0.1, 0.15) is 38.9 Å². The van der Waals surface area contributed by atoms with E-state index in [1.54, 1.807) is 7.11 Å². The predicted octanol–water partition coefficient (Wildman–Crippen LogP) is 3.16. The Bertz CT molecular complexity index is 411. The number of hydrogen-bond acceptors (Lipinski definition) is 3. The molecule has 0 spiro atoms. The fraction of sp³-hybridized carbons (Fsp3) is 0.625. The van der Waals surface area contributed by atoms with Crippen molar-refractivity contribution in [1.29, 1.82) is 0 Å². The smallest absolute Gasteiger partial charge is 0.124 e. The lowest BCUT2D eigenvalue weighted by molar-refractivity contribution is 0.0636. The van der Waals surface area contributed by atoms with Crippen LogP contribution < -0.4 is 10.1 Å². The molecule has 0 radical (unpaired) electrons. The van der Waals surface area contributed by atoms with E-state index < -0.39 is 0 Å². The van der Waals surface area contributed by atoms with E-state index in [4.69, 9.17) is 9.47 Å². The molecule has 3 nitrogen and oxygen atoms in total. The number of hydrogen-bond donors (Lipinski definition) is 1. The molecule has 0 saturated carbocycles. The fourth-order valence-electron chi connectivity index (χ4n) is 2.61. The second-order valence-electron chi connectivity index (χ2n) is 6.22. The molecule has 0 aromatic heterocycles. The molecule has 1 N–H and O–H groups in total. The lowest BCUT2D eigenvalue weighted by atomic mass is 9.85. The van der Waals surface area contributed by atoms with Gasteiger partial charge in [0.05, 0.1) is 13.2 Å². The van der Waals surface area contributed by atoms with Gasteiger partial charge in [0.1, 0.15) is 5.75 Å². The van der Waals surface area contributed by atoms with Crippen molar-refractivity contribution < 1.29 is 9.47 Å². The Morgan fingerprint density at radius 2 is 2.00 bits per heavy atom. The van der Waals surface area contributed by atoms with Crippen LogP contribution in [-0.2, 0) is 4.74 Å². The van der Waals surface area contributed by atoms with Crippen LogP contribution in [0.5, 0.6) is 5.75 Å². The normalized spacial score (nSPS) is 24.8. The van der Waals surface area contributed by atoms with Crippen LogP contribution >= 0.6 is 0 Å². The maximum Gasteiger partial charge on any atom is 0.124 e. The summed E-state index contributed by atoms with van der Waals surface area (Å²) in [4.78, 5) is 0. The average Bonchev–Trinajstić information content (AvgIpc) is 2.64. The van der Waals surface area contributed by atoms with Crippen LogP contribution in [0.4, 0.5) is 0 Å². The van der Waals surface area contributed by atoms with Gasteiger partial charge >= 0.3 is 0 Å². The molecule has 2 atom stereocenters. The SMILES string of the molecule is COc1ccccc1C1CNC(C(C)(C)C)CCO1. The second-order valence-corrected chi connectivity index (χ2v) is 6.22. The van der Waals surface area contributed by atoms with Gasteiger partial charge in [0.2, 0.25) is 0 Å². The van der Waals surface area contributed by atoms with Crippen LogP contribution in [0.25, 0.3) is 0 Å². The summed E-state index contributed by atoms with van der Waals surface area (Å²) in [7, 11) is 1.71. The highest BCUT2D eigenvalue weighted by Crippen LogP contribution is 2.31. The van der Waals surface area contributed by atoms with Gasteiger partial charge in [-0.2, -0.15) is 0 Å². The molecule has 106 valence electrons. The lowest BCUT2D eigenvalue weighted by Gasteiger charge is -2.30. The van der Waals surface area contributed by atoms with Crippen LogP contribution in [0, 0.1) is 5.41 Å². The van der Waals surface area contributed by atoms with Crippen LogP contribution in [0.2, 0.25) is 0 Å². The molecular weight excluding hydrogens is 238 g/mol. The van der Waals surface area contributed by atoms with E-state index in [2.05, 4.69) is 32.2 Å². The third-order valence-electron chi connectivity index (χ3n) is 3.81. The van der Waals surface area contributed by atoms with Crippen molar-refractivity contribution in [3.05, 3.63) is 29.8 Å². The summed E-state index contributed by atoms with van der Waals surface area (Å²) in [5.41, 5.74) is 1.39. The molecule has 0 bridgehead atoms. The van der Waals surface area contributed by atoms with Crippen LogP contribution in [-0.4, -0.2) is 26.3 Å². The van der Waals surface area contributed by atoms with Crippen molar-refractivity contribution in [3.8, 4) is 5.75 Å². The Kier molecular flexibility index (Phi) is 4.48. The molecule has 1 aliphatic rings. The summed E-state index contributed by atoms with van der Waals surface area (Å²) in [6.07, 6.45) is 1.12. The van der Waals surface area contributed by atoms with Gasteiger partial charge in [-0.3, -0.25) is 0 Å². The summed E-state index contributed by atoms with van der Waals surface area (Å²) in [6.45, 7) is 8.44. The standard InChI is InChI=1S/C16H25NO2/c1-16(2,3)15-9-10-19-14(11-17-15)12-7-5-6-8-13(12)18-4/h5-8,14-15,17H,9-11H2,1-4H3. The zero-order valence-electron chi connectivity index (χ0n) is 12.4. The highest BCUT2D eigenvalue weighted by Gasteiger charge is 2.29. The number of benzene rings is 1. The minimum Gasteiger partial charge on any atom is -0.496 e. The zero-order chi connectivity index (χ0) is 13.9. The number of rotatable bonds is 2. The first-order valence-corrected chi connectivity index (χ1v) is 7.00. The number of para-hydroxylation sites is 1. The first kappa shape index (κ1) is 14.4. The maximum atomic E-state index is 6.01.